The van der Waals surface area contributed by atoms with Crippen LogP contribution in [0.4, 0.5) is 21.5 Å². The highest BCUT2D eigenvalue weighted by atomic mass is 19.1. The molecular weight excluding hydrogens is 265 g/mol. The van der Waals surface area contributed by atoms with Gasteiger partial charge in [0.1, 0.15) is 5.82 Å². The third kappa shape index (κ3) is 2.36. The minimum absolute atomic E-state index is 0.206. The van der Waals surface area contributed by atoms with Crippen molar-refractivity contribution in [1.82, 2.24) is 0 Å². The molecule has 1 atom stereocenters. The van der Waals surface area contributed by atoms with Crippen LogP contribution in [0.1, 0.15) is 18.5 Å². The Balaban J connectivity index is 2.17. The van der Waals surface area contributed by atoms with Gasteiger partial charge in [-0.15, -0.1) is 0 Å². The molecule has 0 aromatic heterocycles. The Bertz CT molecular complexity index is 654. The molecule has 21 heavy (non-hydrogen) atoms. The number of hydrogen-bond acceptors (Lipinski definition) is 3. The molecule has 0 aliphatic carbocycles. The number of halogens is 1. The Morgan fingerprint density at radius 3 is 2.48 bits per heavy atom. The van der Waals surface area contributed by atoms with E-state index in [9.17, 15) is 4.39 Å². The first kappa shape index (κ1) is 13.9. The summed E-state index contributed by atoms with van der Waals surface area (Å²) < 4.78 is 14.5. The van der Waals surface area contributed by atoms with Gasteiger partial charge in [0.25, 0.3) is 0 Å². The molecule has 1 unspecified atom stereocenters. The number of hydrogen-bond donors (Lipinski definition) is 1. The molecule has 2 aromatic carbocycles. The summed E-state index contributed by atoms with van der Waals surface area (Å²) in [5.74, 6) is -0.218. The lowest BCUT2D eigenvalue weighted by atomic mass is 10.0. The van der Waals surface area contributed by atoms with Crippen LogP contribution >= 0.6 is 0 Å². The van der Waals surface area contributed by atoms with Crippen LogP contribution in [-0.2, 0) is 0 Å². The van der Waals surface area contributed by atoms with Crippen LogP contribution < -0.4 is 15.5 Å². The first-order valence-electron chi connectivity index (χ1n) is 7.21. The van der Waals surface area contributed by atoms with Crippen LogP contribution in [0.15, 0.2) is 42.5 Å². The van der Waals surface area contributed by atoms with Gasteiger partial charge in [-0.3, -0.25) is 0 Å². The molecule has 1 aliphatic rings. The minimum atomic E-state index is -0.218. The van der Waals surface area contributed by atoms with E-state index in [1.807, 2.05) is 36.1 Å². The Morgan fingerprint density at radius 2 is 1.76 bits per heavy atom. The predicted octanol–water partition coefficient (Wildman–Crippen LogP) is 3.43. The average molecular weight is 285 g/mol. The maximum Gasteiger partial charge on any atom is 0.147 e. The van der Waals surface area contributed by atoms with E-state index in [2.05, 4.69) is 18.0 Å². The molecule has 1 aliphatic heterocycles. The molecule has 3 rings (SSSR count). The third-order valence-electron chi connectivity index (χ3n) is 4.02. The zero-order chi connectivity index (χ0) is 15.0. The van der Waals surface area contributed by atoms with Crippen molar-refractivity contribution in [2.24, 2.45) is 5.73 Å². The molecule has 0 amide bonds. The fourth-order valence-electron chi connectivity index (χ4n) is 2.92. The van der Waals surface area contributed by atoms with E-state index in [4.69, 9.17) is 5.73 Å². The lowest BCUT2D eigenvalue weighted by Crippen LogP contribution is -2.37. The molecule has 0 radical (unpaired) electrons. The molecule has 110 valence electrons. The van der Waals surface area contributed by atoms with Gasteiger partial charge in [0.2, 0.25) is 0 Å². The highest BCUT2D eigenvalue weighted by Crippen LogP contribution is 2.40. The number of nitrogens with zero attached hydrogens (tertiary/aromatic N) is 2. The molecule has 0 bridgehead atoms. The van der Waals surface area contributed by atoms with Gasteiger partial charge in [-0.1, -0.05) is 24.3 Å². The number of rotatable bonds is 2. The second-order valence-electron chi connectivity index (χ2n) is 5.53. The molecule has 4 heteroatoms. The topological polar surface area (TPSA) is 32.5 Å². The van der Waals surface area contributed by atoms with Gasteiger partial charge >= 0.3 is 0 Å². The van der Waals surface area contributed by atoms with Crippen LogP contribution in [0.3, 0.4) is 0 Å². The molecule has 0 spiro atoms. The van der Waals surface area contributed by atoms with Gasteiger partial charge in [-0.05, 0) is 30.7 Å². The van der Waals surface area contributed by atoms with Crippen molar-refractivity contribution < 1.29 is 4.39 Å². The van der Waals surface area contributed by atoms with Crippen molar-refractivity contribution in [3.8, 4) is 0 Å². The zero-order valence-corrected chi connectivity index (χ0v) is 12.4. The Labute approximate surface area is 124 Å². The van der Waals surface area contributed by atoms with Gasteiger partial charge in [-0.25, -0.2) is 4.39 Å². The Kier molecular flexibility index (Phi) is 3.55. The van der Waals surface area contributed by atoms with E-state index in [0.717, 1.165) is 30.0 Å². The monoisotopic (exact) mass is 285 g/mol. The molecule has 3 nitrogen and oxygen atoms in total. The normalized spacial score (nSPS) is 15.8. The van der Waals surface area contributed by atoms with Crippen LogP contribution in [0.2, 0.25) is 0 Å². The maximum atomic E-state index is 14.5. The number of benzene rings is 2. The van der Waals surface area contributed by atoms with Crippen LogP contribution in [-0.4, -0.2) is 20.1 Å². The number of fused-ring (bicyclic) bond motifs is 1. The molecule has 0 fully saturated rings. The summed E-state index contributed by atoms with van der Waals surface area (Å²) in [5, 5.41) is 0. The lowest BCUT2D eigenvalue weighted by molar-refractivity contribution is 0.617. The van der Waals surface area contributed by atoms with Crippen molar-refractivity contribution in [1.29, 1.82) is 0 Å². The summed E-state index contributed by atoms with van der Waals surface area (Å²) >= 11 is 0. The predicted molar refractivity (Wildman–Crippen MR) is 85.7 cm³/mol. The fraction of sp³-hybridized carbons (Fsp3) is 0.294. The smallest absolute Gasteiger partial charge is 0.147 e. The summed E-state index contributed by atoms with van der Waals surface area (Å²) in [6.07, 6.45) is 0. The minimum Gasteiger partial charge on any atom is -0.371 e. The fourth-order valence-corrected chi connectivity index (χ4v) is 2.92. The summed E-state index contributed by atoms with van der Waals surface area (Å²) in [5.41, 5.74) is 9.62. The number of nitrogens with two attached hydrogens (primary N) is 1. The Hall–Kier alpha value is -2.07. The van der Waals surface area contributed by atoms with Crippen molar-refractivity contribution in [2.45, 2.75) is 13.0 Å². The molecular formula is C17H20FN3. The van der Waals surface area contributed by atoms with Gasteiger partial charge in [0, 0.05) is 26.2 Å². The van der Waals surface area contributed by atoms with Crippen LogP contribution in [0.25, 0.3) is 0 Å². The number of para-hydroxylation sites is 3. The number of likely N-dealkylation sites (N-methyl/N-ethyl adjacent to an activating group) is 1. The molecule has 2 N–H and O–H groups in total. The zero-order valence-electron chi connectivity index (χ0n) is 12.4. The van der Waals surface area contributed by atoms with E-state index in [0.29, 0.717) is 5.69 Å². The summed E-state index contributed by atoms with van der Waals surface area (Å²) in [4.78, 5) is 4.24. The average Bonchev–Trinajstić information content (AvgIpc) is 2.48. The maximum absolute atomic E-state index is 14.5. The lowest BCUT2D eigenvalue weighted by Gasteiger charge is -2.38. The number of anilines is 3. The van der Waals surface area contributed by atoms with Crippen LogP contribution in [0, 0.1) is 5.82 Å². The van der Waals surface area contributed by atoms with Crippen molar-refractivity contribution in [2.75, 3.05) is 29.9 Å². The molecule has 2 aromatic rings. The summed E-state index contributed by atoms with van der Waals surface area (Å²) in [6, 6.07) is 13.0. The van der Waals surface area contributed by atoms with E-state index < -0.39 is 0 Å². The Morgan fingerprint density at radius 1 is 1.05 bits per heavy atom. The van der Waals surface area contributed by atoms with Gasteiger partial charge in [-0.2, -0.15) is 0 Å². The first-order valence-corrected chi connectivity index (χ1v) is 7.21. The van der Waals surface area contributed by atoms with Gasteiger partial charge < -0.3 is 15.5 Å². The van der Waals surface area contributed by atoms with E-state index in [1.165, 1.54) is 6.07 Å². The van der Waals surface area contributed by atoms with E-state index in [1.54, 1.807) is 6.07 Å². The second-order valence-corrected chi connectivity index (χ2v) is 5.53. The van der Waals surface area contributed by atoms with E-state index in [-0.39, 0.29) is 11.9 Å². The third-order valence-corrected chi connectivity index (χ3v) is 4.02. The summed E-state index contributed by atoms with van der Waals surface area (Å²) in [7, 11) is 2.06. The van der Waals surface area contributed by atoms with Gasteiger partial charge in [0.05, 0.1) is 17.1 Å². The van der Waals surface area contributed by atoms with Crippen LogP contribution in [0.5, 0.6) is 0 Å². The van der Waals surface area contributed by atoms with Gasteiger partial charge in [0.15, 0.2) is 0 Å². The SMILES string of the molecule is CC(N)c1cccc(F)c1N1CCN(C)c2ccccc21. The van der Waals surface area contributed by atoms with Crippen molar-refractivity contribution in [3.05, 3.63) is 53.8 Å². The quantitative estimate of drug-likeness (QED) is 0.917. The largest absolute Gasteiger partial charge is 0.371 e. The second kappa shape index (κ2) is 5.37. The van der Waals surface area contributed by atoms with E-state index >= 15 is 0 Å². The standard InChI is InChI=1S/C17H20FN3/c1-12(19)13-6-5-7-14(18)17(13)21-11-10-20(2)15-8-3-4-9-16(15)21/h3-9,12H,10-11,19H2,1-2H3. The highest BCUT2D eigenvalue weighted by molar-refractivity contribution is 5.80. The molecule has 0 saturated carbocycles. The molecule has 1 heterocycles. The van der Waals surface area contributed by atoms with Crippen molar-refractivity contribution in [3.63, 3.8) is 0 Å². The molecule has 0 saturated heterocycles. The summed E-state index contributed by atoms with van der Waals surface area (Å²) in [6.45, 7) is 3.48. The first-order chi connectivity index (χ1) is 10.1. The highest BCUT2D eigenvalue weighted by Gasteiger charge is 2.25. The van der Waals surface area contributed by atoms with Crippen molar-refractivity contribution >= 4 is 17.1 Å².